The van der Waals surface area contributed by atoms with Gasteiger partial charge in [-0.3, -0.25) is 0 Å². The lowest BCUT2D eigenvalue weighted by Gasteiger charge is -2.35. The molecule has 0 bridgehead atoms. The summed E-state index contributed by atoms with van der Waals surface area (Å²) in [6.45, 7) is -0.0193. The fourth-order valence-corrected chi connectivity index (χ4v) is 6.77. The molecule has 42 heavy (non-hydrogen) atoms. The maximum Gasteiger partial charge on any atom is 0.261 e. The predicted molar refractivity (Wildman–Crippen MR) is 174 cm³/mol. The van der Waals surface area contributed by atoms with E-state index in [9.17, 15) is 0 Å². The number of hydrogen-bond acceptors (Lipinski definition) is 3. The highest BCUT2D eigenvalue weighted by Gasteiger charge is 2.42. The molecular formula is C38H24BNO2. The van der Waals surface area contributed by atoms with Gasteiger partial charge < -0.3 is 14.4 Å². The Labute approximate surface area is 244 Å². The highest BCUT2D eigenvalue weighted by Crippen LogP contribution is 2.44. The van der Waals surface area contributed by atoms with Crippen molar-refractivity contribution in [3.63, 3.8) is 0 Å². The second-order valence-electron chi connectivity index (χ2n) is 10.9. The zero-order valence-electron chi connectivity index (χ0n) is 22.7. The third kappa shape index (κ3) is 3.36. The smallest absolute Gasteiger partial charge is 0.261 e. The molecule has 2 aliphatic heterocycles. The van der Waals surface area contributed by atoms with Crippen LogP contribution in [-0.4, -0.2) is 6.71 Å². The number of rotatable bonds is 3. The third-order valence-corrected chi connectivity index (χ3v) is 8.55. The molecule has 9 rings (SSSR count). The Morgan fingerprint density at radius 1 is 0.452 bits per heavy atom. The molecule has 7 aromatic rings. The first-order chi connectivity index (χ1) is 20.8. The molecule has 0 radical (unpaired) electrons. The molecule has 0 N–H and O–H groups in total. The Hall–Kier alpha value is -5.48. The van der Waals surface area contributed by atoms with E-state index in [1.165, 1.54) is 27.1 Å². The summed E-state index contributed by atoms with van der Waals surface area (Å²) in [5.74, 6) is 3.50. The molecule has 4 heteroatoms. The lowest BCUT2D eigenvalue weighted by Crippen LogP contribution is -2.57. The molecule has 0 aromatic heterocycles. The van der Waals surface area contributed by atoms with Crippen LogP contribution in [0.4, 0.5) is 17.1 Å². The minimum absolute atomic E-state index is 0.0193. The summed E-state index contributed by atoms with van der Waals surface area (Å²) in [5.41, 5.74) is 6.69. The maximum absolute atomic E-state index is 6.79. The number of anilines is 3. The highest BCUT2D eigenvalue weighted by molar-refractivity contribution is 6.99. The van der Waals surface area contributed by atoms with Gasteiger partial charge in [0.05, 0.1) is 5.69 Å². The van der Waals surface area contributed by atoms with Crippen LogP contribution in [0.15, 0.2) is 146 Å². The van der Waals surface area contributed by atoms with Gasteiger partial charge in [-0.2, -0.15) is 0 Å². The van der Waals surface area contributed by atoms with Gasteiger partial charge in [-0.05, 0) is 58.1 Å². The fraction of sp³-hybridized carbons (Fsp3) is 0. The highest BCUT2D eigenvalue weighted by atomic mass is 16.5. The monoisotopic (exact) mass is 537 g/mol. The van der Waals surface area contributed by atoms with Gasteiger partial charge in [0, 0.05) is 33.7 Å². The zero-order valence-corrected chi connectivity index (χ0v) is 22.7. The number of benzene rings is 7. The normalized spacial score (nSPS) is 12.6. The van der Waals surface area contributed by atoms with Crippen LogP contribution in [0.25, 0.3) is 21.5 Å². The molecule has 0 spiro atoms. The Bertz CT molecular complexity index is 2120. The Kier molecular flexibility index (Phi) is 4.99. The lowest BCUT2D eigenvalue weighted by atomic mass is 9.34. The topological polar surface area (TPSA) is 21.7 Å². The summed E-state index contributed by atoms with van der Waals surface area (Å²) < 4.78 is 13.4. The van der Waals surface area contributed by atoms with Gasteiger partial charge in [-0.15, -0.1) is 0 Å². The number of hydrogen-bond donors (Lipinski definition) is 0. The predicted octanol–water partition coefficient (Wildman–Crippen LogP) is 8.19. The van der Waals surface area contributed by atoms with Crippen molar-refractivity contribution < 1.29 is 9.47 Å². The maximum atomic E-state index is 6.79. The quantitative estimate of drug-likeness (QED) is 0.212. The van der Waals surface area contributed by atoms with E-state index >= 15 is 0 Å². The molecular weight excluding hydrogens is 513 g/mol. The van der Waals surface area contributed by atoms with Gasteiger partial charge in [0.25, 0.3) is 6.71 Å². The third-order valence-electron chi connectivity index (χ3n) is 8.55. The minimum atomic E-state index is -0.0193. The van der Waals surface area contributed by atoms with Crippen LogP contribution < -0.4 is 30.8 Å². The van der Waals surface area contributed by atoms with E-state index in [1.54, 1.807) is 0 Å². The van der Waals surface area contributed by atoms with E-state index in [-0.39, 0.29) is 6.71 Å². The van der Waals surface area contributed by atoms with Crippen molar-refractivity contribution >= 4 is 61.7 Å². The van der Waals surface area contributed by atoms with Crippen molar-refractivity contribution in [1.29, 1.82) is 0 Å². The van der Waals surface area contributed by atoms with Crippen molar-refractivity contribution in [2.75, 3.05) is 4.90 Å². The summed E-state index contributed by atoms with van der Waals surface area (Å²) in [4.78, 5) is 2.32. The molecule has 196 valence electrons. The van der Waals surface area contributed by atoms with Crippen molar-refractivity contribution in [3.8, 4) is 23.0 Å². The van der Waals surface area contributed by atoms with Crippen molar-refractivity contribution in [2.24, 2.45) is 0 Å². The first-order valence-corrected chi connectivity index (χ1v) is 14.3. The van der Waals surface area contributed by atoms with Crippen LogP contribution >= 0.6 is 0 Å². The molecule has 0 fully saturated rings. The molecule has 0 saturated heterocycles. The summed E-state index contributed by atoms with van der Waals surface area (Å²) in [6, 6.07) is 51.1. The van der Waals surface area contributed by atoms with Crippen molar-refractivity contribution in [1.82, 2.24) is 0 Å². The molecule has 3 nitrogen and oxygen atoms in total. The average Bonchev–Trinajstić information content (AvgIpc) is 3.06. The zero-order chi connectivity index (χ0) is 27.6. The minimum Gasteiger partial charge on any atom is -0.458 e. The standard InChI is InChI=1S/C38H24BNO2/c1-3-13-26(14-4-1)40(27-15-5-2-6-16-27)32-24-35-36(30-19-10-9-18-29(30)32)39-31-23-22-25-12-7-8-17-28(25)38(31)42-34-21-11-20-33(41-35)37(34)39/h1-24H. The van der Waals surface area contributed by atoms with Gasteiger partial charge in [0.15, 0.2) is 0 Å². The summed E-state index contributed by atoms with van der Waals surface area (Å²) in [7, 11) is 0. The number of para-hydroxylation sites is 2. The second kappa shape index (κ2) is 9.02. The SMILES string of the molecule is c1ccc(N(c2ccccc2)c2cc3c(c4ccccc24)B2c4ccc5ccccc5c4Oc4cccc(c42)O3)cc1. The van der Waals surface area contributed by atoms with Gasteiger partial charge >= 0.3 is 0 Å². The first-order valence-electron chi connectivity index (χ1n) is 14.3. The van der Waals surface area contributed by atoms with Gasteiger partial charge in [-0.1, -0.05) is 103 Å². The van der Waals surface area contributed by atoms with Crippen LogP contribution in [0.2, 0.25) is 0 Å². The molecule has 0 aliphatic carbocycles. The number of fused-ring (bicyclic) bond motifs is 8. The number of nitrogens with zero attached hydrogens (tertiary/aromatic N) is 1. The van der Waals surface area contributed by atoms with E-state index in [0.29, 0.717) is 0 Å². The number of ether oxygens (including phenoxy) is 2. The average molecular weight is 537 g/mol. The van der Waals surface area contributed by atoms with Crippen molar-refractivity contribution in [3.05, 3.63) is 146 Å². The van der Waals surface area contributed by atoms with E-state index < -0.39 is 0 Å². The Balaban J connectivity index is 1.36. The van der Waals surface area contributed by atoms with Gasteiger partial charge in [-0.25, -0.2) is 0 Å². The molecule has 0 unspecified atom stereocenters. The second-order valence-corrected chi connectivity index (χ2v) is 10.9. The largest absolute Gasteiger partial charge is 0.458 e. The Morgan fingerprint density at radius 3 is 1.81 bits per heavy atom. The van der Waals surface area contributed by atoms with Crippen LogP contribution in [0.5, 0.6) is 23.0 Å². The first kappa shape index (κ1) is 23.3. The van der Waals surface area contributed by atoms with Crippen molar-refractivity contribution in [2.45, 2.75) is 0 Å². The van der Waals surface area contributed by atoms with E-state index in [4.69, 9.17) is 9.47 Å². The lowest BCUT2D eigenvalue weighted by molar-refractivity contribution is 0.467. The molecule has 0 atom stereocenters. The van der Waals surface area contributed by atoms with Gasteiger partial charge in [0.1, 0.15) is 23.0 Å². The molecule has 0 amide bonds. The van der Waals surface area contributed by atoms with Crippen LogP contribution in [0.1, 0.15) is 0 Å². The summed E-state index contributed by atoms with van der Waals surface area (Å²) >= 11 is 0. The summed E-state index contributed by atoms with van der Waals surface area (Å²) in [6.07, 6.45) is 0. The summed E-state index contributed by atoms with van der Waals surface area (Å²) in [5, 5.41) is 4.64. The van der Waals surface area contributed by atoms with Crippen LogP contribution in [-0.2, 0) is 0 Å². The fourth-order valence-electron chi connectivity index (χ4n) is 6.77. The molecule has 2 aliphatic rings. The van der Waals surface area contributed by atoms with E-state index in [1.807, 2.05) is 6.07 Å². The van der Waals surface area contributed by atoms with Crippen LogP contribution in [0, 0.1) is 0 Å². The van der Waals surface area contributed by atoms with E-state index in [0.717, 1.165) is 50.9 Å². The molecule has 0 saturated carbocycles. The Morgan fingerprint density at radius 2 is 1.07 bits per heavy atom. The van der Waals surface area contributed by atoms with Gasteiger partial charge in [0.2, 0.25) is 0 Å². The molecule has 7 aromatic carbocycles. The van der Waals surface area contributed by atoms with E-state index in [2.05, 4.69) is 144 Å². The molecule has 2 heterocycles. The van der Waals surface area contributed by atoms with Crippen LogP contribution in [0.3, 0.4) is 0 Å².